The maximum absolute atomic E-state index is 11.5. The molecule has 8 heteroatoms. The van der Waals surface area contributed by atoms with Crippen molar-refractivity contribution in [2.24, 2.45) is 5.41 Å². The lowest BCUT2D eigenvalue weighted by molar-refractivity contribution is -0.156. The molecule has 0 bridgehead atoms. The highest BCUT2D eigenvalue weighted by Crippen LogP contribution is 2.36. The molecule has 7 nitrogen and oxygen atoms in total. The van der Waals surface area contributed by atoms with Gasteiger partial charge in [0.25, 0.3) is 0 Å². The van der Waals surface area contributed by atoms with Crippen LogP contribution in [-0.2, 0) is 24.2 Å². The van der Waals surface area contributed by atoms with Crippen LogP contribution in [0.2, 0.25) is 0 Å². The number of carboxylic acid groups (broad SMARTS) is 1. The average Bonchev–Trinajstić information content (AvgIpc) is 2.30. The number of unbranched alkanes of at least 4 members (excludes halogenated alkanes) is 2. The fraction of sp³-hybridized carbons (Fsp3) is 0.833. The molecule has 0 aliphatic rings. The van der Waals surface area contributed by atoms with Crippen LogP contribution in [0.1, 0.15) is 58.8 Å². The van der Waals surface area contributed by atoms with E-state index in [0.29, 0.717) is 12.8 Å². The molecule has 0 rings (SSSR count). The number of aliphatic carboxylic acids is 1. The van der Waals surface area contributed by atoms with Gasteiger partial charge in [-0.3, -0.25) is 14.1 Å². The highest BCUT2D eigenvalue weighted by molar-refractivity contribution is 7.81. The molecule has 0 aromatic rings. The first-order chi connectivity index (χ1) is 9.17. The van der Waals surface area contributed by atoms with E-state index in [2.05, 4.69) is 4.18 Å². The average molecular weight is 310 g/mol. The molecule has 0 radical (unpaired) electrons. The first kappa shape index (κ1) is 18.9. The lowest BCUT2D eigenvalue weighted by Gasteiger charge is -2.28. The smallest absolute Gasteiger partial charge is 0.448 e. The zero-order valence-electron chi connectivity index (χ0n) is 11.8. The van der Waals surface area contributed by atoms with Crippen molar-refractivity contribution in [1.82, 2.24) is 0 Å². The molecule has 118 valence electrons. The van der Waals surface area contributed by atoms with Gasteiger partial charge >= 0.3 is 22.3 Å². The third kappa shape index (κ3) is 6.85. The lowest BCUT2D eigenvalue weighted by Crippen LogP contribution is -2.35. The van der Waals surface area contributed by atoms with Crippen molar-refractivity contribution in [3.63, 3.8) is 0 Å². The Morgan fingerprint density at radius 3 is 1.85 bits per heavy atom. The van der Waals surface area contributed by atoms with Gasteiger partial charge in [0.15, 0.2) is 0 Å². The molecule has 0 heterocycles. The lowest BCUT2D eigenvalue weighted by atomic mass is 9.75. The van der Waals surface area contributed by atoms with Gasteiger partial charge in [-0.25, -0.2) is 0 Å². The summed E-state index contributed by atoms with van der Waals surface area (Å²) in [5.41, 5.74) is -1.34. The minimum atomic E-state index is -4.90. The molecule has 0 saturated heterocycles. The minimum absolute atomic E-state index is 0.263. The first-order valence-electron chi connectivity index (χ1n) is 6.60. The highest BCUT2D eigenvalue weighted by atomic mass is 32.3. The summed E-state index contributed by atoms with van der Waals surface area (Å²) in [6.45, 7) is 3.78. The van der Waals surface area contributed by atoms with Crippen molar-refractivity contribution in [3.8, 4) is 0 Å². The topological polar surface area (TPSA) is 118 Å². The molecule has 0 aliphatic carbocycles. The van der Waals surface area contributed by atoms with E-state index in [1.54, 1.807) is 0 Å². The Morgan fingerprint density at radius 1 is 1.10 bits per heavy atom. The standard InChI is InChI=1S/C12H22O7S/c1-3-5-7-12(11(14)15,8-6-4-2)9-10(13)19-20(16,17)18/h3-9H2,1-2H3,(H,14,15)(H,16,17,18). The van der Waals surface area contributed by atoms with Crippen LogP contribution in [0.15, 0.2) is 0 Å². The summed E-state index contributed by atoms with van der Waals surface area (Å²) in [4.78, 5) is 23.0. The highest BCUT2D eigenvalue weighted by Gasteiger charge is 2.40. The molecule has 0 aromatic heterocycles. The Hall–Kier alpha value is -1.15. The molecule has 0 atom stereocenters. The second-order valence-corrected chi connectivity index (χ2v) is 5.87. The molecular formula is C12H22O7S. The normalized spacial score (nSPS) is 12.2. The second kappa shape index (κ2) is 8.21. The van der Waals surface area contributed by atoms with Gasteiger partial charge in [-0.2, -0.15) is 8.42 Å². The van der Waals surface area contributed by atoms with Gasteiger partial charge in [0.05, 0.1) is 11.8 Å². The van der Waals surface area contributed by atoms with Crippen LogP contribution in [0.4, 0.5) is 0 Å². The Balaban J connectivity index is 5.06. The molecule has 0 aliphatic heterocycles. The van der Waals surface area contributed by atoms with Gasteiger partial charge in [0.1, 0.15) is 0 Å². The number of hydrogen-bond acceptors (Lipinski definition) is 5. The molecule has 0 spiro atoms. The predicted molar refractivity (Wildman–Crippen MR) is 71.4 cm³/mol. The van der Waals surface area contributed by atoms with Gasteiger partial charge in [-0.15, -0.1) is 0 Å². The van der Waals surface area contributed by atoms with E-state index < -0.39 is 34.2 Å². The Labute approximate surface area is 119 Å². The third-order valence-corrected chi connectivity index (χ3v) is 3.55. The largest absolute Gasteiger partial charge is 0.481 e. The number of rotatable bonds is 10. The molecule has 0 amide bonds. The number of hydrogen-bond donors (Lipinski definition) is 2. The summed E-state index contributed by atoms with van der Waals surface area (Å²) >= 11 is 0. The van der Waals surface area contributed by atoms with E-state index >= 15 is 0 Å². The number of carbonyl (C=O) groups excluding carboxylic acids is 1. The summed E-state index contributed by atoms with van der Waals surface area (Å²) in [7, 11) is -4.90. The van der Waals surface area contributed by atoms with Crippen LogP contribution < -0.4 is 0 Å². The van der Waals surface area contributed by atoms with Crippen LogP contribution in [0, 0.1) is 5.41 Å². The summed E-state index contributed by atoms with van der Waals surface area (Å²) in [6.07, 6.45) is 2.69. The second-order valence-electron chi connectivity index (χ2n) is 4.85. The van der Waals surface area contributed by atoms with Crippen LogP contribution in [0.25, 0.3) is 0 Å². The van der Waals surface area contributed by atoms with Crippen LogP contribution in [-0.4, -0.2) is 30.0 Å². The number of carboxylic acids is 1. The van der Waals surface area contributed by atoms with E-state index in [4.69, 9.17) is 4.55 Å². The zero-order chi connectivity index (χ0) is 15.8. The van der Waals surface area contributed by atoms with Gasteiger partial charge in [-0.05, 0) is 12.8 Å². The van der Waals surface area contributed by atoms with Gasteiger partial charge in [0, 0.05) is 0 Å². The van der Waals surface area contributed by atoms with E-state index in [1.165, 1.54) is 0 Å². The van der Waals surface area contributed by atoms with Crippen molar-refractivity contribution >= 4 is 22.3 Å². The quantitative estimate of drug-likeness (QED) is 0.593. The van der Waals surface area contributed by atoms with E-state index in [9.17, 15) is 23.1 Å². The van der Waals surface area contributed by atoms with Gasteiger partial charge < -0.3 is 9.29 Å². The fourth-order valence-electron chi connectivity index (χ4n) is 2.04. The van der Waals surface area contributed by atoms with Crippen molar-refractivity contribution in [2.75, 3.05) is 0 Å². The Bertz CT molecular complexity index is 419. The molecule has 0 unspecified atom stereocenters. The van der Waals surface area contributed by atoms with Crippen molar-refractivity contribution in [2.45, 2.75) is 58.8 Å². The molecular weight excluding hydrogens is 288 g/mol. The van der Waals surface area contributed by atoms with Gasteiger partial charge in [-0.1, -0.05) is 39.5 Å². The van der Waals surface area contributed by atoms with Crippen molar-refractivity contribution < 1.29 is 31.8 Å². The number of carbonyl (C=O) groups is 2. The maximum atomic E-state index is 11.5. The Morgan fingerprint density at radius 2 is 1.55 bits per heavy atom. The van der Waals surface area contributed by atoms with E-state index in [-0.39, 0.29) is 12.8 Å². The van der Waals surface area contributed by atoms with E-state index in [1.807, 2.05) is 13.8 Å². The molecule has 0 fully saturated rings. The molecule has 0 aromatic carbocycles. The summed E-state index contributed by atoms with van der Waals surface area (Å²) < 4.78 is 33.3. The van der Waals surface area contributed by atoms with E-state index in [0.717, 1.165) is 12.8 Å². The third-order valence-electron chi connectivity index (χ3n) is 3.15. The van der Waals surface area contributed by atoms with Gasteiger partial charge in [0.2, 0.25) is 0 Å². The maximum Gasteiger partial charge on any atom is 0.448 e. The predicted octanol–water partition coefficient (Wildman–Crippen LogP) is 2.17. The summed E-state index contributed by atoms with van der Waals surface area (Å²) in [5.74, 6) is -2.39. The summed E-state index contributed by atoms with van der Waals surface area (Å²) in [5, 5.41) is 9.40. The van der Waals surface area contributed by atoms with Crippen molar-refractivity contribution in [3.05, 3.63) is 0 Å². The van der Waals surface area contributed by atoms with Crippen LogP contribution >= 0.6 is 0 Å². The van der Waals surface area contributed by atoms with Crippen molar-refractivity contribution in [1.29, 1.82) is 0 Å². The minimum Gasteiger partial charge on any atom is -0.481 e. The zero-order valence-corrected chi connectivity index (χ0v) is 12.6. The summed E-state index contributed by atoms with van der Waals surface area (Å²) in [6, 6.07) is 0. The SMILES string of the molecule is CCCCC(CCCC)(CC(=O)OS(=O)(=O)O)C(=O)O. The van der Waals surface area contributed by atoms with Crippen LogP contribution in [0.3, 0.4) is 0 Å². The van der Waals surface area contributed by atoms with Crippen LogP contribution in [0.5, 0.6) is 0 Å². The first-order valence-corrected chi connectivity index (χ1v) is 7.96. The Kier molecular flexibility index (Phi) is 7.74. The molecule has 2 N–H and O–H groups in total. The fourth-order valence-corrected chi connectivity index (χ4v) is 2.34. The monoisotopic (exact) mass is 310 g/mol. The molecule has 20 heavy (non-hydrogen) atoms. The molecule has 0 saturated carbocycles.